The van der Waals surface area contributed by atoms with Crippen LogP contribution in [0, 0.1) is 0 Å². The zero-order valence-corrected chi connectivity index (χ0v) is 24.8. The summed E-state index contributed by atoms with van der Waals surface area (Å²) in [5, 5.41) is 0. The molecule has 2 heterocycles. The highest BCUT2D eigenvalue weighted by Gasteiger charge is 2.43. The number of rotatable bonds is 5. The molecule has 2 aliphatic rings. The topological polar surface area (TPSA) is 43.9 Å². The fraction of sp³-hybridized carbons (Fsp3) is 0.158. The molecule has 7 rings (SSSR count). The van der Waals surface area contributed by atoms with Gasteiger partial charge in [0.15, 0.2) is 0 Å². The van der Waals surface area contributed by atoms with Crippen molar-refractivity contribution in [2.24, 2.45) is 0 Å². The molecular weight excluding hydrogens is 530 g/mol. The summed E-state index contributed by atoms with van der Waals surface area (Å²) in [6.07, 6.45) is 0. The van der Waals surface area contributed by atoms with E-state index in [1.807, 2.05) is 72.8 Å². The van der Waals surface area contributed by atoms with E-state index < -0.39 is 0 Å². The van der Waals surface area contributed by atoms with Crippen LogP contribution in [0.3, 0.4) is 0 Å². The molecule has 5 aromatic carbocycles. The number of benzene rings is 5. The maximum atomic E-state index is 14.6. The Labute approximate surface area is 252 Å². The molecule has 0 spiro atoms. The Morgan fingerprint density at radius 3 is 1.44 bits per heavy atom. The summed E-state index contributed by atoms with van der Waals surface area (Å²) in [7, 11) is 0. The van der Waals surface area contributed by atoms with Crippen LogP contribution >= 0.6 is 0 Å². The van der Waals surface area contributed by atoms with Gasteiger partial charge in [-0.2, -0.15) is 0 Å². The lowest BCUT2D eigenvalue weighted by molar-refractivity contribution is 0.0925. The first-order valence-electron chi connectivity index (χ1n) is 14.9. The first kappa shape index (κ1) is 26.7. The van der Waals surface area contributed by atoms with Crippen molar-refractivity contribution >= 4 is 51.6 Å². The van der Waals surface area contributed by atoms with Crippen LogP contribution < -0.4 is 14.7 Å². The van der Waals surface area contributed by atoms with Crippen LogP contribution in [0.2, 0.25) is 0 Å². The predicted octanol–water partition coefficient (Wildman–Crippen LogP) is 9.99. The Morgan fingerprint density at radius 1 is 0.442 bits per heavy atom. The third-order valence-corrected chi connectivity index (χ3v) is 8.44. The quantitative estimate of drug-likeness (QED) is 0.196. The van der Waals surface area contributed by atoms with Crippen molar-refractivity contribution in [3.05, 3.63) is 138 Å². The van der Waals surface area contributed by atoms with E-state index in [-0.39, 0.29) is 23.7 Å². The molecule has 0 atom stereocenters. The van der Waals surface area contributed by atoms with Crippen molar-refractivity contribution in [3.63, 3.8) is 0 Å². The highest BCUT2D eigenvalue weighted by atomic mass is 16.2. The van der Waals surface area contributed by atoms with Gasteiger partial charge in [-0.15, -0.1) is 0 Å². The van der Waals surface area contributed by atoms with Crippen molar-refractivity contribution in [1.82, 2.24) is 0 Å². The van der Waals surface area contributed by atoms with E-state index in [1.54, 1.807) is 6.07 Å². The van der Waals surface area contributed by atoms with Gasteiger partial charge in [-0.3, -0.25) is 9.59 Å². The van der Waals surface area contributed by atoms with Gasteiger partial charge in [-0.25, -0.2) is 4.90 Å². The van der Waals surface area contributed by atoms with E-state index in [0.717, 1.165) is 45.3 Å². The van der Waals surface area contributed by atoms with E-state index in [1.165, 1.54) is 4.90 Å². The third-order valence-electron chi connectivity index (χ3n) is 8.44. The summed E-state index contributed by atoms with van der Waals surface area (Å²) in [5.41, 5.74) is 9.16. The third kappa shape index (κ3) is 4.07. The van der Waals surface area contributed by atoms with E-state index in [2.05, 4.69) is 73.9 Å². The second-order valence-electron chi connectivity index (χ2n) is 11.7. The normalized spacial score (nSPS) is 14.0. The molecule has 0 aliphatic carbocycles. The van der Waals surface area contributed by atoms with Crippen molar-refractivity contribution in [2.45, 2.75) is 39.5 Å². The zero-order chi connectivity index (χ0) is 29.8. The van der Waals surface area contributed by atoms with Crippen molar-refractivity contribution < 1.29 is 9.59 Å². The van der Waals surface area contributed by atoms with Crippen molar-refractivity contribution in [3.8, 4) is 0 Å². The van der Waals surface area contributed by atoms with Gasteiger partial charge in [0.05, 0.1) is 45.3 Å². The maximum absolute atomic E-state index is 14.6. The molecule has 0 aromatic heterocycles. The Bertz CT molecular complexity index is 1820. The first-order chi connectivity index (χ1) is 20.9. The molecule has 0 N–H and O–H groups in total. The smallest absolute Gasteiger partial charge is 0.268 e. The number of fused-ring (bicyclic) bond motifs is 3. The molecule has 2 aliphatic heterocycles. The van der Waals surface area contributed by atoms with E-state index >= 15 is 0 Å². The van der Waals surface area contributed by atoms with Gasteiger partial charge in [-0.1, -0.05) is 94.4 Å². The zero-order valence-electron chi connectivity index (χ0n) is 24.8. The average molecular weight is 564 g/mol. The summed E-state index contributed by atoms with van der Waals surface area (Å²) in [6.45, 7) is 8.42. The number of carbonyl (C=O) groups is 2. The van der Waals surface area contributed by atoms with Crippen LogP contribution in [0.1, 0.15) is 71.4 Å². The van der Waals surface area contributed by atoms with Gasteiger partial charge >= 0.3 is 0 Å². The fourth-order valence-electron chi connectivity index (χ4n) is 6.49. The lowest BCUT2D eigenvalue weighted by Crippen LogP contribution is -2.32. The van der Waals surface area contributed by atoms with Gasteiger partial charge in [0.1, 0.15) is 0 Å². The molecule has 0 fully saturated rings. The Hall–Kier alpha value is -5.16. The van der Waals surface area contributed by atoms with Crippen LogP contribution in [0.4, 0.5) is 39.8 Å². The monoisotopic (exact) mass is 563 g/mol. The summed E-state index contributed by atoms with van der Waals surface area (Å²) < 4.78 is 0. The maximum Gasteiger partial charge on any atom is 0.268 e. The molecule has 0 radical (unpaired) electrons. The minimum absolute atomic E-state index is 0.141. The summed E-state index contributed by atoms with van der Waals surface area (Å²) in [4.78, 5) is 34.6. The van der Waals surface area contributed by atoms with Gasteiger partial charge in [0.25, 0.3) is 11.8 Å². The van der Waals surface area contributed by atoms with Crippen LogP contribution in [0.15, 0.2) is 115 Å². The average Bonchev–Trinajstić information content (AvgIpc) is 3.28. The SMILES string of the molecule is CC(C)c1cccc(C(C)C)c1N1C(=O)c2cccc(N3c4ccccc4N(c4ccccc4)c4ccccc43)c2C1=O. The molecular formula is C38H33N3O2. The number of amides is 2. The summed E-state index contributed by atoms with van der Waals surface area (Å²) in [5.74, 6) is -0.281. The molecule has 5 heteroatoms. The summed E-state index contributed by atoms with van der Waals surface area (Å²) >= 11 is 0. The fourth-order valence-corrected chi connectivity index (χ4v) is 6.49. The molecule has 0 bridgehead atoms. The van der Waals surface area contributed by atoms with E-state index in [4.69, 9.17) is 0 Å². The van der Waals surface area contributed by atoms with Crippen LogP contribution in [0.5, 0.6) is 0 Å². The molecule has 43 heavy (non-hydrogen) atoms. The van der Waals surface area contributed by atoms with Gasteiger partial charge in [-0.05, 0) is 71.5 Å². The minimum atomic E-state index is -0.286. The largest absolute Gasteiger partial charge is 0.306 e. The molecule has 0 saturated heterocycles. The Morgan fingerprint density at radius 2 is 0.907 bits per heavy atom. The number of hydrogen-bond acceptors (Lipinski definition) is 4. The number of nitrogens with zero attached hydrogens (tertiary/aromatic N) is 3. The van der Waals surface area contributed by atoms with Gasteiger partial charge < -0.3 is 9.80 Å². The predicted molar refractivity (Wildman–Crippen MR) is 175 cm³/mol. The first-order valence-corrected chi connectivity index (χ1v) is 14.9. The van der Waals surface area contributed by atoms with E-state index in [0.29, 0.717) is 16.8 Å². The van der Waals surface area contributed by atoms with Crippen LogP contribution in [-0.2, 0) is 0 Å². The Balaban J connectivity index is 1.44. The summed E-state index contributed by atoms with van der Waals surface area (Å²) in [6, 6.07) is 38.4. The van der Waals surface area contributed by atoms with Crippen LogP contribution in [0.25, 0.3) is 0 Å². The molecule has 2 amide bonds. The number of carbonyl (C=O) groups excluding carboxylic acids is 2. The second kappa shape index (κ2) is 10.3. The molecule has 0 saturated carbocycles. The van der Waals surface area contributed by atoms with Crippen molar-refractivity contribution in [2.75, 3.05) is 14.7 Å². The lowest BCUT2D eigenvalue weighted by atomic mass is 9.92. The van der Waals surface area contributed by atoms with E-state index in [9.17, 15) is 9.59 Å². The number of anilines is 7. The molecule has 212 valence electrons. The van der Waals surface area contributed by atoms with Gasteiger partial charge in [0, 0.05) is 5.69 Å². The number of para-hydroxylation sites is 6. The number of hydrogen-bond donors (Lipinski definition) is 0. The Kier molecular flexibility index (Phi) is 6.39. The van der Waals surface area contributed by atoms with Crippen molar-refractivity contribution in [1.29, 1.82) is 0 Å². The standard InChI is InChI=1S/C38H33N3O2/c1-24(2)27-16-12-17-28(25(3)4)36(27)41-37(42)29-18-13-23-34(35(29)38(41)43)40-32-21-10-8-19-30(32)39(26-14-6-5-7-15-26)31-20-9-11-22-33(31)40/h5-25H,1-4H3. The highest BCUT2D eigenvalue weighted by molar-refractivity contribution is 6.37. The minimum Gasteiger partial charge on any atom is -0.306 e. The second-order valence-corrected chi connectivity index (χ2v) is 11.7. The molecule has 0 unspecified atom stereocenters. The molecule has 5 aromatic rings. The van der Waals surface area contributed by atoms with Crippen LogP contribution in [-0.4, -0.2) is 11.8 Å². The highest BCUT2D eigenvalue weighted by Crippen LogP contribution is 2.55. The van der Waals surface area contributed by atoms with Gasteiger partial charge in [0.2, 0.25) is 0 Å². The molecule has 5 nitrogen and oxygen atoms in total. The lowest BCUT2D eigenvalue weighted by Gasteiger charge is -2.40. The number of imide groups is 1.